The van der Waals surface area contributed by atoms with Gasteiger partial charge in [0.1, 0.15) is 11.6 Å². The molecule has 0 saturated carbocycles. The number of carbonyl (C=O) groups is 2. The van der Waals surface area contributed by atoms with Gasteiger partial charge in [-0.2, -0.15) is 9.40 Å². The summed E-state index contributed by atoms with van der Waals surface area (Å²) in [5.74, 6) is -2.91. The summed E-state index contributed by atoms with van der Waals surface area (Å²) in [5, 5.41) is 16.0. The van der Waals surface area contributed by atoms with Crippen molar-refractivity contribution in [1.29, 1.82) is 0 Å². The maximum absolute atomic E-state index is 13.8. The van der Waals surface area contributed by atoms with Crippen LogP contribution in [0.15, 0.2) is 41.3 Å². The Morgan fingerprint density at radius 3 is 2.52 bits per heavy atom. The van der Waals surface area contributed by atoms with Crippen LogP contribution >= 0.6 is 0 Å². The quantitative estimate of drug-likeness (QED) is 0.267. The molecule has 1 fully saturated rings. The van der Waals surface area contributed by atoms with E-state index in [1.807, 2.05) is 19.0 Å². The fourth-order valence-corrected chi connectivity index (χ4v) is 6.61. The molecule has 0 atom stereocenters. The number of sulfonamides is 1. The molecule has 1 aromatic heterocycles. The van der Waals surface area contributed by atoms with Gasteiger partial charge in [-0.05, 0) is 57.3 Å². The number of likely N-dealkylation sites (N-methyl/N-ethyl adjacent to an activating group) is 1. The first kappa shape index (κ1) is 31.5. The number of aromatic nitrogens is 2. The highest BCUT2D eigenvalue weighted by atomic mass is 32.2. The molecule has 2 amide bonds. The molecular formula is C29H35F2N7O5S. The molecule has 4 N–H and O–H groups in total. The van der Waals surface area contributed by atoms with Crippen LogP contribution in [-0.2, 0) is 32.5 Å². The maximum Gasteiger partial charge on any atom is 0.258 e. The lowest BCUT2D eigenvalue weighted by Gasteiger charge is -2.26. The number of H-pyrrole nitrogens is 1. The van der Waals surface area contributed by atoms with Crippen molar-refractivity contribution in [2.24, 2.45) is 5.92 Å². The zero-order valence-electron chi connectivity index (χ0n) is 24.5. The van der Waals surface area contributed by atoms with E-state index in [-0.39, 0.29) is 42.7 Å². The highest BCUT2D eigenvalue weighted by molar-refractivity contribution is 7.89. The predicted octanol–water partition coefficient (Wildman–Crippen LogP) is 3.03. The first-order chi connectivity index (χ1) is 21.0. The van der Waals surface area contributed by atoms with Gasteiger partial charge in [-0.15, -0.1) is 0 Å². The van der Waals surface area contributed by atoms with Crippen LogP contribution in [0.5, 0.6) is 0 Å². The largest absolute Gasteiger partial charge is 0.384 e. The van der Waals surface area contributed by atoms with Gasteiger partial charge in [0.25, 0.3) is 5.91 Å². The van der Waals surface area contributed by atoms with Gasteiger partial charge in [0.05, 0.1) is 16.1 Å². The number of ether oxygens (including phenoxy) is 1. The Kier molecular flexibility index (Phi) is 9.58. The number of rotatable bonds is 10. The number of carbonyl (C=O) groups excluding carboxylic acids is 2. The molecule has 1 saturated heterocycles. The number of anilines is 3. The highest BCUT2D eigenvalue weighted by Gasteiger charge is 2.32. The molecule has 3 aromatic rings. The molecule has 236 valence electrons. The van der Waals surface area contributed by atoms with Crippen molar-refractivity contribution in [3.63, 3.8) is 0 Å². The van der Waals surface area contributed by atoms with E-state index >= 15 is 0 Å². The summed E-state index contributed by atoms with van der Waals surface area (Å²) >= 11 is 0. The number of aromatic amines is 1. The number of halogens is 2. The van der Waals surface area contributed by atoms with Crippen molar-refractivity contribution < 1.29 is 31.5 Å². The van der Waals surface area contributed by atoms with E-state index in [2.05, 4.69) is 26.1 Å². The van der Waals surface area contributed by atoms with Crippen LogP contribution in [0, 0.1) is 17.6 Å². The van der Waals surface area contributed by atoms with E-state index in [1.165, 1.54) is 0 Å². The van der Waals surface area contributed by atoms with E-state index in [0.717, 1.165) is 28.7 Å². The fourth-order valence-electron chi connectivity index (χ4n) is 5.15. The van der Waals surface area contributed by atoms with Crippen molar-refractivity contribution in [1.82, 2.24) is 19.4 Å². The van der Waals surface area contributed by atoms with Crippen molar-refractivity contribution in [3.8, 4) is 0 Å². The van der Waals surface area contributed by atoms with Crippen LogP contribution < -0.4 is 16.0 Å². The lowest BCUT2D eigenvalue weighted by Crippen LogP contribution is -2.36. The predicted molar refractivity (Wildman–Crippen MR) is 160 cm³/mol. The molecule has 0 unspecified atom stereocenters. The second-order valence-corrected chi connectivity index (χ2v) is 13.0. The molecule has 3 heterocycles. The van der Waals surface area contributed by atoms with E-state index in [1.54, 1.807) is 18.2 Å². The molecule has 2 aliphatic rings. The minimum Gasteiger partial charge on any atom is -0.384 e. The Labute approximate surface area is 254 Å². The summed E-state index contributed by atoms with van der Waals surface area (Å²) in [7, 11) is -0.328. The number of amides is 2. The van der Waals surface area contributed by atoms with Gasteiger partial charge >= 0.3 is 0 Å². The van der Waals surface area contributed by atoms with Crippen LogP contribution in [0.2, 0.25) is 0 Å². The van der Waals surface area contributed by atoms with Crippen LogP contribution in [0.4, 0.5) is 26.0 Å². The first-order valence-corrected chi connectivity index (χ1v) is 15.7. The van der Waals surface area contributed by atoms with E-state index < -0.39 is 32.5 Å². The van der Waals surface area contributed by atoms with Crippen molar-refractivity contribution >= 4 is 39.0 Å². The molecule has 0 spiro atoms. The third-order valence-corrected chi connectivity index (χ3v) is 9.43. The Morgan fingerprint density at radius 1 is 1.09 bits per heavy atom. The van der Waals surface area contributed by atoms with E-state index in [9.17, 15) is 26.8 Å². The van der Waals surface area contributed by atoms with Crippen LogP contribution in [0.3, 0.4) is 0 Å². The molecule has 5 rings (SSSR count). The second-order valence-electron chi connectivity index (χ2n) is 11.0. The maximum atomic E-state index is 13.8. The Bertz CT molecular complexity index is 1620. The third kappa shape index (κ3) is 7.23. The van der Waals surface area contributed by atoms with Crippen LogP contribution in [-0.4, -0.2) is 86.6 Å². The zero-order chi connectivity index (χ0) is 31.4. The van der Waals surface area contributed by atoms with Crippen molar-refractivity contribution in [2.75, 3.05) is 62.9 Å². The average molecular weight is 632 g/mol. The zero-order valence-corrected chi connectivity index (χ0v) is 25.3. The summed E-state index contributed by atoms with van der Waals surface area (Å²) in [6, 6.07) is 7.17. The smallest absolute Gasteiger partial charge is 0.258 e. The normalized spacial score (nSPS) is 16.0. The molecule has 2 aromatic carbocycles. The molecule has 0 aliphatic carbocycles. The van der Waals surface area contributed by atoms with Crippen LogP contribution in [0.25, 0.3) is 0 Å². The van der Waals surface area contributed by atoms with Gasteiger partial charge in [-0.1, -0.05) is 0 Å². The second kappa shape index (κ2) is 13.4. The van der Waals surface area contributed by atoms with Gasteiger partial charge in [-0.3, -0.25) is 14.7 Å². The summed E-state index contributed by atoms with van der Waals surface area (Å²) < 4.78 is 60.5. The lowest BCUT2D eigenvalue weighted by atomic mass is 9.99. The molecule has 44 heavy (non-hydrogen) atoms. The van der Waals surface area contributed by atoms with Gasteiger partial charge < -0.3 is 25.6 Å². The molecule has 2 aliphatic heterocycles. The number of nitrogens with zero attached hydrogens (tertiary/aromatic N) is 3. The Balaban J connectivity index is 1.37. The van der Waals surface area contributed by atoms with E-state index in [0.29, 0.717) is 55.6 Å². The Morgan fingerprint density at radius 2 is 1.82 bits per heavy atom. The topological polar surface area (TPSA) is 149 Å². The number of hydrogen-bond acceptors (Lipinski definition) is 8. The molecule has 12 nitrogen and oxygen atoms in total. The number of nitrogens with one attached hydrogen (secondary N) is 4. The van der Waals surface area contributed by atoms with Gasteiger partial charge in [-0.25, -0.2) is 17.2 Å². The minimum atomic E-state index is -4.24. The highest BCUT2D eigenvalue weighted by Crippen LogP contribution is 2.30. The van der Waals surface area contributed by atoms with E-state index in [4.69, 9.17) is 4.74 Å². The number of fused-ring (bicyclic) bond motifs is 1. The summed E-state index contributed by atoms with van der Waals surface area (Å²) in [6.07, 6.45) is 1.40. The standard InChI is InChI=1S/C29H35F2N7O5S/c1-37(2)10-8-32-21-3-4-23(26(16-21)33-28(39)18-6-11-43-12-7-18)29(40)34-27-24-17-38(9-5-25(24)35-36-27)44(41,42)22-14-19(30)13-20(31)15-22/h3-4,13-16,18,32H,5-12,17H2,1-2H3,(H,33,39)(H2,34,35,36,40). The summed E-state index contributed by atoms with van der Waals surface area (Å²) in [4.78, 5) is 28.2. The lowest BCUT2D eigenvalue weighted by molar-refractivity contribution is -0.122. The number of benzene rings is 2. The average Bonchev–Trinajstić information content (AvgIpc) is 3.38. The molecular weight excluding hydrogens is 596 g/mol. The fraction of sp³-hybridized carbons (Fsp3) is 0.414. The third-order valence-electron chi connectivity index (χ3n) is 7.61. The first-order valence-electron chi connectivity index (χ1n) is 14.3. The SMILES string of the molecule is CN(C)CCNc1ccc(C(=O)Nc2n[nH]c3c2CN(S(=O)(=O)c2cc(F)cc(F)c2)CC3)c(NC(=O)C2CCOCC2)c1. The number of hydrogen-bond donors (Lipinski definition) is 4. The van der Waals surface area contributed by atoms with Crippen molar-refractivity contribution in [2.45, 2.75) is 30.7 Å². The van der Waals surface area contributed by atoms with Crippen LogP contribution in [0.1, 0.15) is 34.5 Å². The Hall–Kier alpha value is -3.92. The summed E-state index contributed by atoms with van der Waals surface area (Å²) in [5.41, 5.74) is 2.29. The van der Waals surface area contributed by atoms with Gasteiger partial charge in [0.15, 0.2) is 5.82 Å². The monoisotopic (exact) mass is 631 g/mol. The molecule has 15 heteroatoms. The van der Waals surface area contributed by atoms with Gasteiger partial charge in [0.2, 0.25) is 15.9 Å². The molecule has 0 radical (unpaired) electrons. The van der Waals surface area contributed by atoms with Gasteiger partial charge in [0, 0.05) is 74.7 Å². The minimum absolute atomic E-state index is 0.0493. The van der Waals surface area contributed by atoms with Crippen molar-refractivity contribution in [3.05, 3.63) is 64.9 Å². The molecule has 0 bridgehead atoms. The summed E-state index contributed by atoms with van der Waals surface area (Å²) in [6.45, 7) is 2.27.